The van der Waals surface area contributed by atoms with E-state index < -0.39 is 12.0 Å². The number of H-pyrrole nitrogens is 1. The number of hydrogen-bond donors (Lipinski definition) is 3. The highest BCUT2D eigenvalue weighted by Gasteiger charge is 2.14. The highest BCUT2D eigenvalue weighted by molar-refractivity contribution is 5.74. The van der Waals surface area contributed by atoms with Crippen LogP contribution in [-0.2, 0) is 4.79 Å². The minimum Gasteiger partial charge on any atom is -0.480 e. The molecule has 0 amide bonds. The third kappa shape index (κ3) is 1.59. The van der Waals surface area contributed by atoms with Crippen molar-refractivity contribution >= 4 is 5.97 Å². The molecule has 1 atom stereocenters. The van der Waals surface area contributed by atoms with Crippen LogP contribution in [-0.4, -0.2) is 16.1 Å². The molecule has 1 heterocycles. The lowest BCUT2D eigenvalue weighted by molar-refractivity contribution is -0.138. The lowest BCUT2D eigenvalue weighted by Crippen LogP contribution is -2.20. The summed E-state index contributed by atoms with van der Waals surface area (Å²) in [5.74, 6) is -1.02. The number of aromatic nitrogens is 1. The molecule has 0 aliphatic heterocycles. The van der Waals surface area contributed by atoms with Crippen LogP contribution in [0.5, 0.6) is 0 Å². The maximum absolute atomic E-state index is 10.4. The van der Waals surface area contributed by atoms with E-state index in [1.54, 1.807) is 12.1 Å². The van der Waals surface area contributed by atoms with Gasteiger partial charge in [0.2, 0.25) is 0 Å². The van der Waals surface area contributed by atoms with E-state index in [4.69, 9.17) is 10.8 Å². The zero-order valence-corrected chi connectivity index (χ0v) is 6.16. The van der Waals surface area contributed by atoms with Gasteiger partial charge < -0.3 is 15.8 Å². The summed E-state index contributed by atoms with van der Waals surface area (Å²) in [7, 11) is 0. The minimum atomic E-state index is -1.02. The first-order valence-electron chi connectivity index (χ1n) is 3.25. The van der Waals surface area contributed by atoms with Gasteiger partial charge in [0.25, 0.3) is 0 Å². The molecule has 1 aromatic heterocycles. The zero-order valence-electron chi connectivity index (χ0n) is 6.16. The number of carboxylic acids is 1. The normalized spacial score (nSPS) is 12.9. The largest absolute Gasteiger partial charge is 0.480 e. The van der Waals surface area contributed by atoms with E-state index in [0.29, 0.717) is 5.69 Å². The van der Waals surface area contributed by atoms with Gasteiger partial charge in [-0.25, -0.2) is 0 Å². The van der Waals surface area contributed by atoms with Crippen molar-refractivity contribution in [1.29, 1.82) is 0 Å². The van der Waals surface area contributed by atoms with Crippen molar-refractivity contribution < 1.29 is 9.90 Å². The Bertz CT molecular complexity index is 267. The van der Waals surface area contributed by atoms with Gasteiger partial charge in [-0.1, -0.05) is 0 Å². The lowest BCUT2D eigenvalue weighted by atomic mass is 10.2. The van der Waals surface area contributed by atoms with Gasteiger partial charge in [0.05, 0.1) is 0 Å². The van der Waals surface area contributed by atoms with Crippen LogP contribution in [0.2, 0.25) is 0 Å². The van der Waals surface area contributed by atoms with Crippen LogP contribution in [0.15, 0.2) is 12.1 Å². The predicted octanol–water partition coefficient (Wildman–Crippen LogP) is 0.408. The standard InChI is InChI=1S/C7H10N2O2/c1-4-2-3-5(9-4)6(8)7(10)11/h2-3,6,9H,8H2,1H3,(H,10,11). The Morgan fingerprint density at radius 2 is 2.36 bits per heavy atom. The molecule has 1 aromatic rings. The SMILES string of the molecule is Cc1ccc(C(N)C(=O)O)[nH]1. The van der Waals surface area contributed by atoms with Crippen molar-refractivity contribution in [3.8, 4) is 0 Å². The molecule has 11 heavy (non-hydrogen) atoms. The smallest absolute Gasteiger partial charge is 0.326 e. The number of nitrogens with two attached hydrogens (primary N) is 1. The lowest BCUT2D eigenvalue weighted by Gasteiger charge is -2.01. The van der Waals surface area contributed by atoms with Crippen molar-refractivity contribution in [1.82, 2.24) is 4.98 Å². The van der Waals surface area contributed by atoms with Crippen molar-refractivity contribution in [3.05, 3.63) is 23.5 Å². The summed E-state index contributed by atoms with van der Waals surface area (Å²) < 4.78 is 0. The van der Waals surface area contributed by atoms with Crippen molar-refractivity contribution in [2.75, 3.05) is 0 Å². The van der Waals surface area contributed by atoms with Crippen LogP contribution in [0.25, 0.3) is 0 Å². The number of nitrogens with one attached hydrogen (secondary N) is 1. The molecular formula is C7H10N2O2. The molecule has 4 N–H and O–H groups in total. The average molecular weight is 154 g/mol. The van der Waals surface area contributed by atoms with Gasteiger partial charge in [-0.15, -0.1) is 0 Å². The Labute approximate surface area is 64.0 Å². The van der Waals surface area contributed by atoms with Crippen LogP contribution in [0.3, 0.4) is 0 Å². The Morgan fingerprint density at radius 3 is 2.73 bits per heavy atom. The Hall–Kier alpha value is -1.29. The summed E-state index contributed by atoms with van der Waals surface area (Å²) in [5.41, 5.74) is 6.77. The Kier molecular flexibility index (Phi) is 1.96. The van der Waals surface area contributed by atoms with Crippen LogP contribution in [0.4, 0.5) is 0 Å². The quantitative estimate of drug-likeness (QED) is 0.577. The molecule has 1 unspecified atom stereocenters. The molecule has 0 bridgehead atoms. The second-order valence-corrected chi connectivity index (χ2v) is 2.41. The molecule has 0 spiro atoms. The van der Waals surface area contributed by atoms with Crippen LogP contribution < -0.4 is 5.73 Å². The summed E-state index contributed by atoms with van der Waals surface area (Å²) >= 11 is 0. The monoisotopic (exact) mass is 154 g/mol. The van der Waals surface area contributed by atoms with E-state index in [1.807, 2.05) is 6.92 Å². The molecular weight excluding hydrogens is 144 g/mol. The molecule has 0 saturated heterocycles. The van der Waals surface area contributed by atoms with E-state index >= 15 is 0 Å². The molecule has 0 aromatic carbocycles. The molecule has 60 valence electrons. The summed E-state index contributed by atoms with van der Waals surface area (Å²) in [6.07, 6.45) is 0. The number of aliphatic carboxylic acids is 1. The van der Waals surface area contributed by atoms with Crippen molar-refractivity contribution in [3.63, 3.8) is 0 Å². The number of hydrogen-bond acceptors (Lipinski definition) is 2. The fraction of sp³-hybridized carbons (Fsp3) is 0.286. The number of aromatic amines is 1. The molecule has 0 fully saturated rings. The highest BCUT2D eigenvalue weighted by Crippen LogP contribution is 2.08. The zero-order chi connectivity index (χ0) is 8.43. The second-order valence-electron chi connectivity index (χ2n) is 2.41. The maximum Gasteiger partial charge on any atom is 0.326 e. The third-order valence-electron chi connectivity index (χ3n) is 1.46. The van der Waals surface area contributed by atoms with Crippen LogP contribution >= 0.6 is 0 Å². The summed E-state index contributed by atoms with van der Waals surface area (Å²) in [6, 6.07) is 2.52. The van der Waals surface area contributed by atoms with E-state index in [0.717, 1.165) is 5.69 Å². The first-order chi connectivity index (χ1) is 5.11. The van der Waals surface area contributed by atoms with Gasteiger partial charge in [-0.3, -0.25) is 4.79 Å². The topological polar surface area (TPSA) is 79.1 Å². The Balaban J connectivity index is 2.84. The summed E-state index contributed by atoms with van der Waals surface area (Å²) in [6.45, 7) is 1.85. The first-order valence-corrected chi connectivity index (χ1v) is 3.25. The van der Waals surface area contributed by atoms with E-state index in [9.17, 15) is 4.79 Å². The molecule has 0 aliphatic carbocycles. The second kappa shape index (κ2) is 2.75. The Morgan fingerprint density at radius 1 is 1.73 bits per heavy atom. The highest BCUT2D eigenvalue weighted by atomic mass is 16.4. The van der Waals surface area contributed by atoms with Crippen LogP contribution in [0, 0.1) is 6.92 Å². The van der Waals surface area contributed by atoms with Crippen LogP contribution in [0.1, 0.15) is 17.4 Å². The number of carbonyl (C=O) groups is 1. The molecule has 0 saturated carbocycles. The molecule has 0 aliphatic rings. The molecule has 0 radical (unpaired) electrons. The van der Waals surface area contributed by atoms with E-state index in [2.05, 4.69) is 4.98 Å². The fourth-order valence-corrected chi connectivity index (χ4v) is 0.840. The average Bonchev–Trinajstić information content (AvgIpc) is 2.34. The summed E-state index contributed by atoms with van der Waals surface area (Å²) in [5, 5.41) is 8.50. The molecule has 4 heteroatoms. The van der Waals surface area contributed by atoms with Crippen molar-refractivity contribution in [2.45, 2.75) is 13.0 Å². The number of carboxylic acid groups (broad SMARTS) is 1. The predicted molar refractivity (Wildman–Crippen MR) is 40.1 cm³/mol. The van der Waals surface area contributed by atoms with Gasteiger partial charge in [0.1, 0.15) is 6.04 Å². The van der Waals surface area contributed by atoms with Gasteiger partial charge in [0.15, 0.2) is 0 Å². The van der Waals surface area contributed by atoms with E-state index in [-0.39, 0.29) is 0 Å². The fourth-order valence-electron chi connectivity index (χ4n) is 0.840. The van der Waals surface area contributed by atoms with Gasteiger partial charge >= 0.3 is 5.97 Å². The van der Waals surface area contributed by atoms with Gasteiger partial charge in [0, 0.05) is 11.4 Å². The van der Waals surface area contributed by atoms with Crippen molar-refractivity contribution in [2.24, 2.45) is 5.73 Å². The third-order valence-corrected chi connectivity index (χ3v) is 1.46. The first kappa shape index (κ1) is 7.81. The molecule has 4 nitrogen and oxygen atoms in total. The number of rotatable bonds is 2. The maximum atomic E-state index is 10.4. The van der Waals surface area contributed by atoms with Gasteiger partial charge in [-0.05, 0) is 19.1 Å². The van der Waals surface area contributed by atoms with E-state index in [1.165, 1.54) is 0 Å². The van der Waals surface area contributed by atoms with Gasteiger partial charge in [-0.2, -0.15) is 0 Å². The minimum absolute atomic E-state index is 0.537. The number of aryl methyl sites for hydroxylation is 1. The molecule has 1 rings (SSSR count). The summed E-state index contributed by atoms with van der Waals surface area (Å²) in [4.78, 5) is 13.2.